The zero-order chi connectivity index (χ0) is 18.0. The molecule has 1 saturated heterocycles. The average Bonchev–Trinajstić information content (AvgIpc) is 3.11. The molecular formula is C22H31N3O. The van der Waals surface area contributed by atoms with Crippen molar-refractivity contribution in [1.82, 2.24) is 14.9 Å². The molecular weight excluding hydrogens is 322 g/mol. The van der Waals surface area contributed by atoms with E-state index in [-0.39, 0.29) is 6.10 Å². The van der Waals surface area contributed by atoms with Gasteiger partial charge in [-0.1, -0.05) is 37.3 Å². The molecule has 1 N–H and O–H groups in total. The summed E-state index contributed by atoms with van der Waals surface area (Å²) in [5.74, 6) is 0. The van der Waals surface area contributed by atoms with E-state index in [9.17, 15) is 0 Å². The van der Waals surface area contributed by atoms with Gasteiger partial charge in [0.05, 0.1) is 18.2 Å². The van der Waals surface area contributed by atoms with Crippen molar-refractivity contribution >= 4 is 0 Å². The molecule has 0 spiro atoms. The minimum Gasteiger partial charge on any atom is -0.372 e. The molecule has 2 atom stereocenters. The van der Waals surface area contributed by atoms with E-state index in [1.807, 2.05) is 19.6 Å². The van der Waals surface area contributed by atoms with Gasteiger partial charge in [-0.25, -0.2) is 4.98 Å². The van der Waals surface area contributed by atoms with E-state index in [0.717, 1.165) is 19.4 Å². The van der Waals surface area contributed by atoms with Gasteiger partial charge in [0.15, 0.2) is 0 Å². The third kappa shape index (κ3) is 3.72. The van der Waals surface area contributed by atoms with Crippen LogP contribution in [0.5, 0.6) is 0 Å². The zero-order valence-corrected chi connectivity index (χ0v) is 16.0. The van der Waals surface area contributed by atoms with Gasteiger partial charge in [-0.05, 0) is 49.5 Å². The average molecular weight is 354 g/mol. The molecule has 4 nitrogen and oxygen atoms in total. The lowest BCUT2D eigenvalue weighted by atomic mass is 9.69. The molecule has 0 unspecified atom stereocenters. The Bertz CT molecular complexity index is 703. The van der Waals surface area contributed by atoms with E-state index in [1.165, 1.54) is 36.9 Å². The number of aromatic nitrogens is 2. The van der Waals surface area contributed by atoms with E-state index in [0.29, 0.717) is 17.5 Å². The van der Waals surface area contributed by atoms with Crippen LogP contribution >= 0.6 is 0 Å². The molecule has 1 saturated carbocycles. The summed E-state index contributed by atoms with van der Waals surface area (Å²) >= 11 is 0. The molecule has 1 aromatic heterocycles. The molecule has 1 aliphatic carbocycles. The topological polar surface area (TPSA) is 39.1 Å². The summed E-state index contributed by atoms with van der Waals surface area (Å²) in [5, 5.41) is 3.95. The highest BCUT2D eigenvalue weighted by atomic mass is 16.5. The summed E-state index contributed by atoms with van der Waals surface area (Å²) in [6.07, 6.45) is 11.2. The van der Waals surface area contributed by atoms with Gasteiger partial charge in [0.1, 0.15) is 6.10 Å². The maximum Gasteiger partial charge on any atom is 0.100 e. The summed E-state index contributed by atoms with van der Waals surface area (Å²) in [6, 6.07) is 12.2. The maximum absolute atomic E-state index is 6.01. The van der Waals surface area contributed by atoms with Crippen molar-refractivity contribution in [3.63, 3.8) is 0 Å². The second-order valence-corrected chi connectivity index (χ2v) is 8.38. The fourth-order valence-electron chi connectivity index (χ4n) is 4.72. The van der Waals surface area contributed by atoms with Gasteiger partial charge in [0, 0.05) is 25.7 Å². The number of aryl methyl sites for hydroxylation is 1. The van der Waals surface area contributed by atoms with Gasteiger partial charge >= 0.3 is 0 Å². The quantitative estimate of drug-likeness (QED) is 0.898. The number of imidazole rings is 1. The van der Waals surface area contributed by atoms with Crippen LogP contribution in [0, 0.1) is 0 Å². The van der Waals surface area contributed by atoms with Crippen LogP contribution in [0.3, 0.4) is 0 Å². The van der Waals surface area contributed by atoms with E-state index in [4.69, 9.17) is 4.74 Å². The molecule has 0 amide bonds. The maximum atomic E-state index is 6.01. The van der Waals surface area contributed by atoms with Crippen molar-refractivity contribution in [3.05, 3.63) is 54.1 Å². The predicted octanol–water partition coefficient (Wildman–Crippen LogP) is 4.13. The molecule has 26 heavy (non-hydrogen) atoms. The Balaban J connectivity index is 1.32. The van der Waals surface area contributed by atoms with E-state index < -0.39 is 0 Å². The standard InChI is InChI=1S/C22H31N3O/c1-22(17-6-4-3-5-7-17)11-8-18(9-12-22)24-19-10-13-26-21(14-19)20-15-23-16-25(20)2/h3-7,15-16,18-19,21,24H,8-14H2,1-2H3/t18?,19-,21-,22?/m0/s1. The van der Waals surface area contributed by atoms with Gasteiger partial charge in [0.25, 0.3) is 0 Å². The van der Waals surface area contributed by atoms with E-state index in [1.54, 1.807) is 0 Å². The fraction of sp³-hybridized carbons (Fsp3) is 0.591. The molecule has 1 aliphatic heterocycles. The highest BCUT2D eigenvalue weighted by Crippen LogP contribution is 2.39. The number of nitrogens with one attached hydrogen (secondary N) is 1. The molecule has 4 heteroatoms. The lowest BCUT2D eigenvalue weighted by Gasteiger charge is -2.40. The Morgan fingerprint density at radius 1 is 1.12 bits per heavy atom. The van der Waals surface area contributed by atoms with Crippen LogP contribution in [0.15, 0.2) is 42.9 Å². The molecule has 2 heterocycles. The van der Waals surface area contributed by atoms with Gasteiger partial charge in [0.2, 0.25) is 0 Å². The number of ether oxygens (including phenoxy) is 1. The van der Waals surface area contributed by atoms with Crippen LogP contribution in [0.2, 0.25) is 0 Å². The summed E-state index contributed by atoms with van der Waals surface area (Å²) in [7, 11) is 2.05. The monoisotopic (exact) mass is 353 g/mol. The second kappa shape index (κ2) is 7.53. The van der Waals surface area contributed by atoms with Crippen LogP contribution in [-0.2, 0) is 17.2 Å². The van der Waals surface area contributed by atoms with Crippen molar-refractivity contribution in [2.45, 2.75) is 69.1 Å². The van der Waals surface area contributed by atoms with Crippen molar-refractivity contribution in [2.24, 2.45) is 7.05 Å². The van der Waals surface area contributed by atoms with Gasteiger partial charge in [-0.15, -0.1) is 0 Å². The minimum absolute atomic E-state index is 0.173. The fourth-order valence-corrected chi connectivity index (χ4v) is 4.72. The molecule has 140 valence electrons. The largest absolute Gasteiger partial charge is 0.372 e. The van der Waals surface area contributed by atoms with Crippen molar-refractivity contribution in [1.29, 1.82) is 0 Å². The minimum atomic E-state index is 0.173. The molecule has 0 bridgehead atoms. The Kier molecular flexibility index (Phi) is 5.14. The highest BCUT2D eigenvalue weighted by Gasteiger charge is 2.34. The lowest BCUT2D eigenvalue weighted by Crippen LogP contribution is -2.45. The first-order valence-electron chi connectivity index (χ1n) is 10.0. The molecule has 2 aromatic rings. The van der Waals surface area contributed by atoms with Crippen LogP contribution in [0.1, 0.15) is 62.8 Å². The van der Waals surface area contributed by atoms with Gasteiger partial charge in [-0.2, -0.15) is 0 Å². The van der Waals surface area contributed by atoms with Crippen molar-refractivity contribution in [3.8, 4) is 0 Å². The molecule has 2 fully saturated rings. The SMILES string of the molecule is Cn1cncc1[C@@H]1C[C@@H](NC2CCC(C)(c3ccccc3)CC2)CCO1. The van der Waals surface area contributed by atoms with Gasteiger partial charge < -0.3 is 14.6 Å². The second-order valence-electron chi connectivity index (χ2n) is 8.38. The number of hydrogen-bond donors (Lipinski definition) is 1. The van der Waals surface area contributed by atoms with E-state index in [2.05, 4.69) is 52.1 Å². The van der Waals surface area contributed by atoms with E-state index >= 15 is 0 Å². The number of benzene rings is 1. The summed E-state index contributed by atoms with van der Waals surface area (Å²) in [4.78, 5) is 4.24. The lowest BCUT2D eigenvalue weighted by molar-refractivity contribution is -0.00690. The Labute approximate surface area is 157 Å². The van der Waals surface area contributed by atoms with Crippen LogP contribution < -0.4 is 5.32 Å². The van der Waals surface area contributed by atoms with Gasteiger partial charge in [-0.3, -0.25) is 0 Å². The third-order valence-corrected chi connectivity index (χ3v) is 6.50. The molecule has 2 aliphatic rings. The van der Waals surface area contributed by atoms with Crippen LogP contribution in [0.4, 0.5) is 0 Å². The first-order valence-corrected chi connectivity index (χ1v) is 10.0. The third-order valence-electron chi connectivity index (χ3n) is 6.50. The molecule has 4 rings (SSSR count). The van der Waals surface area contributed by atoms with Crippen LogP contribution in [0.25, 0.3) is 0 Å². The summed E-state index contributed by atoms with van der Waals surface area (Å²) in [5.41, 5.74) is 3.03. The zero-order valence-electron chi connectivity index (χ0n) is 16.0. The Morgan fingerprint density at radius 3 is 2.58 bits per heavy atom. The predicted molar refractivity (Wildman–Crippen MR) is 104 cm³/mol. The van der Waals surface area contributed by atoms with Crippen molar-refractivity contribution in [2.75, 3.05) is 6.61 Å². The summed E-state index contributed by atoms with van der Waals surface area (Å²) in [6.45, 7) is 3.27. The Morgan fingerprint density at radius 2 is 1.88 bits per heavy atom. The number of rotatable bonds is 4. The molecule has 1 aromatic carbocycles. The highest BCUT2D eigenvalue weighted by molar-refractivity contribution is 5.25. The normalized spacial score (nSPS) is 32.5. The number of hydrogen-bond acceptors (Lipinski definition) is 3. The first-order chi connectivity index (χ1) is 12.6. The smallest absolute Gasteiger partial charge is 0.100 e. The van der Waals surface area contributed by atoms with Crippen molar-refractivity contribution < 1.29 is 4.74 Å². The number of nitrogens with zero attached hydrogens (tertiary/aromatic N) is 2. The first kappa shape index (κ1) is 17.7. The van der Waals surface area contributed by atoms with Crippen LogP contribution in [-0.4, -0.2) is 28.2 Å². The Hall–Kier alpha value is -1.65. The summed E-state index contributed by atoms with van der Waals surface area (Å²) < 4.78 is 8.09. The molecule has 0 radical (unpaired) electrons.